The molecule has 2 aliphatic rings. The molecule has 4 nitrogen and oxygen atoms in total. The zero-order valence-corrected chi connectivity index (χ0v) is 11.5. The van der Waals surface area contributed by atoms with Crippen molar-refractivity contribution in [2.24, 2.45) is 5.92 Å². The van der Waals surface area contributed by atoms with Crippen LogP contribution in [-0.2, 0) is 4.74 Å². The summed E-state index contributed by atoms with van der Waals surface area (Å²) in [5.74, 6) is 0.551. The second-order valence-electron chi connectivity index (χ2n) is 5.67. The first-order valence-corrected chi connectivity index (χ1v) is 7.37. The van der Waals surface area contributed by atoms with Crippen molar-refractivity contribution in [2.75, 3.05) is 26.7 Å². The zero-order valence-electron chi connectivity index (χ0n) is 11.5. The van der Waals surface area contributed by atoms with Crippen molar-refractivity contribution in [1.29, 1.82) is 0 Å². The number of nitrogens with one attached hydrogen (secondary N) is 1. The maximum atomic E-state index is 12.0. The fourth-order valence-electron chi connectivity index (χ4n) is 2.96. The van der Waals surface area contributed by atoms with Crippen LogP contribution < -0.4 is 5.32 Å². The molecular formula is C14H26N2O2. The maximum absolute atomic E-state index is 12.0. The summed E-state index contributed by atoms with van der Waals surface area (Å²) in [5, 5.41) is 3.33. The molecule has 0 aromatic carbocycles. The van der Waals surface area contributed by atoms with E-state index in [1.807, 2.05) is 11.9 Å². The van der Waals surface area contributed by atoms with Crippen LogP contribution in [0.25, 0.3) is 0 Å². The van der Waals surface area contributed by atoms with Crippen molar-refractivity contribution in [2.45, 2.75) is 51.0 Å². The number of piperidine rings is 1. The van der Waals surface area contributed by atoms with Gasteiger partial charge in [0.2, 0.25) is 0 Å². The highest BCUT2D eigenvalue weighted by molar-refractivity contribution is 5.67. The number of hydrogen-bond acceptors (Lipinski definition) is 3. The van der Waals surface area contributed by atoms with E-state index in [0.717, 1.165) is 38.8 Å². The Balaban J connectivity index is 1.69. The van der Waals surface area contributed by atoms with Crippen molar-refractivity contribution < 1.29 is 9.53 Å². The van der Waals surface area contributed by atoms with Crippen LogP contribution in [0.2, 0.25) is 0 Å². The largest absolute Gasteiger partial charge is 0.449 e. The van der Waals surface area contributed by atoms with E-state index in [4.69, 9.17) is 4.74 Å². The fraction of sp³-hybridized carbons (Fsp3) is 0.929. The lowest BCUT2D eigenvalue weighted by Gasteiger charge is -2.31. The smallest absolute Gasteiger partial charge is 0.409 e. The van der Waals surface area contributed by atoms with E-state index in [0.29, 0.717) is 18.6 Å². The molecule has 0 unspecified atom stereocenters. The Morgan fingerprint density at radius 2 is 1.83 bits per heavy atom. The van der Waals surface area contributed by atoms with E-state index in [2.05, 4.69) is 5.32 Å². The highest BCUT2D eigenvalue weighted by Crippen LogP contribution is 2.22. The van der Waals surface area contributed by atoms with Crippen molar-refractivity contribution in [3.63, 3.8) is 0 Å². The van der Waals surface area contributed by atoms with E-state index in [1.54, 1.807) is 0 Å². The molecule has 2 rings (SSSR count). The molecule has 1 N–H and O–H groups in total. The van der Waals surface area contributed by atoms with Gasteiger partial charge in [0, 0.05) is 13.1 Å². The molecule has 4 heteroatoms. The topological polar surface area (TPSA) is 41.6 Å². The third-order valence-electron chi connectivity index (χ3n) is 4.31. The third kappa shape index (κ3) is 3.87. The molecule has 1 saturated heterocycles. The van der Waals surface area contributed by atoms with E-state index in [-0.39, 0.29) is 6.09 Å². The van der Waals surface area contributed by atoms with Gasteiger partial charge in [0.05, 0.1) is 6.61 Å². The molecule has 18 heavy (non-hydrogen) atoms. The minimum absolute atomic E-state index is 0.125. The number of carbonyl (C=O) groups excluding carboxylic acids is 1. The molecule has 104 valence electrons. The molecule has 1 aliphatic carbocycles. The van der Waals surface area contributed by atoms with Gasteiger partial charge in [-0.25, -0.2) is 4.79 Å². The van der Waals surface area contributed by atoms with Gasteiger partial charge in [-0.3, -0.25) is 0 Å². The number of rotatable bonds is 3. The van der Waals surface area contributed by atoms with Gasteiger partial charge < -0.3 is 15.0 Å². The van der Waals surface area contributed by atoms with Crippen LogP contribution in [0.3, 0.4) is 0 Å². The first-order valence-electron chi connectivity index (χ1n) is 7.37. The first kappa shape index (κ1) is 13.7. The van der Waals surface area contributed by atoms with Gasteiger partial charge in [0.1, 0.15) is 0 Å². The van der Waals surface area contributed by atoms with Crippen LogP contribution in [0, 0.1) is 5.92 Å². The normalized spacial score (nSPS) is 22.7. The average Bonchev–Trinajstić information content (AvgIpc) is 2.46. The minimum atomic E-state index is -0.125. The lowest BCUT2D eigenvalue weighted by Crippen LogP contribution is -2.39. The Labute approximate surface area is 110 Å². The quantitative estimate of drug-likeness (QED) is 0.841. The van der Waals surface area contributed by atoms with Crippen LogP contribution >= 0.6 is 0 Å². The molecule has 1 amide bonds. The summed E-state index contributed by atoms with van der Waals surface area (Å²) in [6.07, 6.45) is 8.21. The van der Waals surface area contributed by atoms with E-state index < -0.39 is 0 Å². The summed E-state index contributed by atoms with van der Waals surface area (Å²) in [5.41, 5.74) is 0. The van der Waals surface area contributed by atoms with Crippen molar-refractivity contribution in [3.05, 3.63) is 0 Å². The summed E-state index contributed by atoms with van der Waals surface area (Å²) in [6, 6.07) is 0.402. The van der Waals surface area contributed by atoms with Crippen molar-refractivity contribution in [1.82, 2.24) is 10.2 Å². The molecule has 1 aliphatic heterocycles. The summed E-state index contributed by atoms with van der Waals surface area (Å²) < 4.78 is 5.46. The lowest BCUT2D eigenvalue weighted by atomic mass is 9.95. The van der Waals surface area contributed by atoms with Crippen LogP contribution in [0.4, 0.5) is 4.79 Å². The molecule has 1 saturated carbocycles. The lowest BCUT2D eigenvalue weighted by molar-refractivity contribution is 0.0713. The third-order valence-corrected chi connectivity index (χ3v) is 4.31. The van der Waals surface area contributed by atoms with Gasteiger partial charge >= 0.3 is 6.09 Å². The zero-order chi connectivity index (χ0) is 12.8. The molecule has 2 fully saturated rings. The summed E-state index contributed by atoms with van der Waals surface area (Å²) in [4.78, 5) is 13.8. The average molecular weight is 254 g/mol. The molecule has 0 aromatic heterocycles. The Morgan fingerprint density at radius 3 is 2.50 bits per heavy atom. The number of amides is 1. The molecule has 0 aromatic rings. The second-order valence-corrected chi connectivity index (χ2v) is 5.67. The fourth-order valence-corrected chi connectivity index (χ4v) is 2.96. The van der Waals surface area contributed by atoms with E-state index in [1.165, 1.54) is 19.3 Å². The number of carbonyl (C=O) groups is 1. The Hall–Kier alpha value is -0.770. The summed E-state index contributed by atoms with van der Waals surface area (Å²) >= 11 is 0. The molecule has 1 heterocycles. The summed E-state index contributed by atoms with van der Waals surface area (Å²) in [7, 11) is 1.89. The van der Waals surface area contributed by atoms with Crippen LogP contribution in [0.1, 0.15) is 44.9 Å². The summed E-state index contributed by atoms with van der Waals surface area (Å²) in [6.45, 7) is 2.71. The Morgan fingerprint density at radius 1 is 1.17 bits per heavy atom. The highest BCUT2D eigenvalue weighted by Gasteiger charge is 2.24. The molecule has 0 radical (unpaired) electrons. The van der Waals surface area contributed by atoms with E-state index in [9.17, 15) is 4.79 Å². The Bertz CT molecular complexity index is 259. The molecular weight excluding hydrogens is 228 g/mol. The molecule has 0 atom stereocenters. The van der Waals surface area contributed by atoms with Gasteiger partial charge in [-0.05, 0) is 44.7 Å². The number of hydrogen-bond donors (Lipinski definition) is 1. The van der Waals surface area contributed by atoms with Gasteiger partial charge in [-0.2, -0.15) is 0 Å². The van der Waals surface area contributed by atoms with Crippen LogP contribution in [0.5, 0.6) is 0 Å². The minimum Gasteiger partial charge on any atom is -0.449 e. The van der Waals surface area contributed by atoms with Gasteiger partial charge in [-0.1, -0.05) is 19.3 Å². The van der Waals surface area contributed by atoms with Gasteiger partial charge in [0.15, 0.2) is 0 Å². The van der Waals surface area contributed by atoms with Crippen molar-refractivity contribution in [3.8, 4) is 0 Å². The SMILES string of the molecule is CN(C(=O)OCC1CCNCC1)C1CCCCC1. The van der Waals surface area contributed by atoms with Crippen LogP contribution in [-0.4, -0.2) is 43.8 Å². The van der Waals surface area contributed by atoms with Gasteiger partial charge in [-0.15, -0.1) is 0 Å². The predicted molar refractivity (Wildman–Crippen MR) is 71.6 cm³/mol. The standard InChI is InChI=1S/C14H26N2O2/c1-16(13-5-3-2-4-6-13)14(17)18-11-12-7-9-15-10-8-12/h12-13,15H,2-11H2,1H3. The molecule has 0 spiro atoms. The highest BCUT2D eigenvalue weighted by atomic mass is 16.6. The monoisotopic (exact) mass is 254 g/mol. The number of ether oxygens (including phenoxy) is 1. The van der Waals surface area contributed by atoms with E-state index >= 15 is 0 Å². The van der Waals surface area contributed by atoms with Gasteiger partial charge in [0.25, 0.3) is 0 Å². The second kappa shape index (κ2) is 6.98. The Kier molecular flexibility index (Phi) is 5.29. The maximum Gasteiger partial charge on any atom is 0.409 e. The number of nitrogens with zero attached hydrogens (tertiary/aromatic N) is 1. The molecule has 0 bridgehead atoms. The van der Waals surface area contributed by atoms with Crippen LogP contribution in [0.15, 0.2) is 0 Å². The first-order chi connectivity index (χ1) is 8.77. The van der Waals surface area contributed by atoms with Crippen molar-refractivity contribution >= 4 is 6.09 Å². The predicted octanol–water partition coefficient (Wildman–Crippen LogP) is 2.39.